The summed E-state index contributed by atoms with van der Waals surface area (Å²) in [5.74, 6) is 0.738. The molecule has 0 saturated carbocycles. The minimum atomic E-state index is 0.596. The van der Waals surface area contributed by atoms with Crippen LogP contribution in [0.2, 0.25) is 0 Å². The fraction of sp³-hybridized carbons (Fsp3) is 0.571. The quantitative estimate of drug-likeness (QED) is 0.796. The van der Waals surface area contributed by atoms with E-state index < -0.39 is 0 Å². The maximum Gasteiger partial charge on any atom is 0.00227 e. The van der Waals surface area contributed by atoms with Gasteiger partial charge in [-0.2, -0.15) is 0 Å². The zero-order valence-electron chi connectivity index (χ0n) is 10.0. The number of benzene rings is 1. The summed E-state index contributed by atoms with van der Waals surface area (Å²) in [7, 11) is 0. The number of hydrogen-bond acceptors (Lipinski definition) is 1. The van der Waals surface area contributed by atoms with Gasteiger partial charge in [-0.3, -0.25) is 0 Å². The summed E-state index contributed by atoms with van der Waals surface area (Å²) in [6.45, 7) is 7.75. The van der Waals surface area contributed by atoms with E-state index in [1.54, 1.807) is 11.1 Å². The number of hydrogen-bond donors (Lipinski definition) is 1. The molecular formula is C14H21N. The molecule has 0 fully saturated rings. The lowest BCUT2D eigenvalue weighted by Crippen LogP contribution is -2.27. The Balaban J connectivity index is 2.10. The highest BCUT2D eigenvalue weighted by atomic mass is 14.9. The first-order valence-corrected chi connectivity index (χ1v) is 5.99. The van der Waals surface area contributed by atoms with Crippen molar-refractivity contribution in [3.8, 4) is 0 Å². The average Bonchev–Trinajstić information content (AvgIpc) is 2.57. The van der Waals surface area contributed by atoms with Crippen LogP contribution in [0.4, 0.5) is 0 Å². The second kappa shape index (κ2) is 4.36. The van der Waals surface area contributed by atoms with Gasteiger partial charge in [0.15, 0.2) is 0 Å². The Labute approximate surface area is 92.9 Å². The van der Waals surface area contributed by atoms with Crippen LogP contribution in [0.25, 0.3) is 0 Å². The summed E-state index contributed by atoms with van der Waals surface area (Å²) >= 11 is 0. The molecule has 0 bridgehead atoms. The molecule has 0 radical (unpaired) electrons. The lowest BCUT2D eigenvalue weighted by molar-refractivity contribution is 0.526. The molecule has 0 aliphatic heterocycles. The van der Waals surface area contributed by atoms with Gasteiger partial charge in [0.2, 0.25) is 0 Å². The minimum Gasteiger partial charge on any atom is -0.314 e. The second-order valence-corrected chi connectivity index (χ2v) is 5.00. The lowest BCUT2D eigenvalue weighted by atomic mass is 9.99. The van der Waals surface area contributed by atoms with E-state index in [1.165, 1.54) is 18.4 Å². The van der Waals surface area contributed by atoms with Crippen LogP contribution in [0.15, 0.2) is 18.2 Å². The van der Waals surface area contributed by atoms with Gasteiger partial charge >= 0.3 is 0 Å². The highest BCUT2D eigenvalue weighted by molar-refractivity contribution is 5.38. The minimum absolute atomic E-state index is 0.596. The van der Waals surface area contributed by atoms with Crippen LogP contribution >= 0.6 is 0 Å². The SMILES string of the molecule is Cc1ccc2c(c1)C(CNC(C)C)CC2. The van der Waals surface area contributed by atoms with E-state index in [0.29, 0.717) is 6.04 Å². The lowest BCUT2D eigenvalue weighted by Gasteiger charge is -2.15. The van der Waals surface area contributed by atoms with Gasteiger partial charge in [0, 0.05) is 12.6 Å². The summed E-state index contributed by atoms with van der Waals surface area (Å²) in [5.41, 5.74) is 4.55. The molecule has 0 amide bonds. The number of aryl methyl sites for hydroxylation is 2. The fourth-order valence-electron chi connectivity index (χ4n) is 2.40. The van der Waals surface area contributed by atoms with Gasteiger partial charge < -0.3 is 5.32 Å². The van der Waals surface area contributed by atoms with Crippen LogP contribution in [0, 0.1) is 6.92 Å². The highest BCUT2D eigenvalue weighted by Crippen LogP contribution is 2.33. The average molecular weight is 203 g/mol. The molecule has 1 aliphatic rings. The molecule has 1 aromatic carbocycles. The van der Waals surface area contributed by atoms with Gasteiger partial charge in [-0.1, -0.05) is 37.6 Å². The first-order valence-electron chi connectivity index (χ1n) is 5.99. The molecule has 0 aromatic heterocycles. The Bertz CT molecular complexity index is 341. The molecule has 1 atom stereocenters. The maximum absolute atomic E-state index is 3.55. The third-order valence-corrected chi connectivity index (χ3v) is 3.28. The summed E-state index contributed by atoms with van der Waals surface area (Å²) in [6, 6.07) is 7.51. The summed E-state index contributed by atoms with van der Waals surface area (Å²) in [5, 5.41) is 3.55. The van der Waals surface area contributed by atoms with Crippen molar-refractivity contribution >= 4 is 0 Å². The zero-order chi connectivity index (χ0) is 10.8. The topological polar surface area (TPSA) is 12.0 Å². The van der Waals surface area contributed by atoms with Crippen molar-refractivity contribution in [1.82, 2.24) is 5.32 Å². The highest BCUT2D eigenvalue weighted by Gasteiger charge is 2.21. The van der Waals surface area contributed by atoms with Crippen molar-refractivity contribution in [2.45, 2.75) is 45.6 Å². The molecule has 1 aromatic rings. The third-order valence-electron chi connectivity index (χ3n) is 3.28. The van der Waals surface area contributed by atoms with Gasteiger partial charge in [0.05, 0.1) is 0 Å². The molecule has 0 spiro atoms. The van der Waals surface area contributed by atoms with Crippen LogP contribution in [0.1, 0.15) is 42.9 Å². The number of fused-ring (bicyclic) bond motifs is 1. The van der Waals surface area contributed by atoms with Crippen molar-refractivity contribution in [3.63, 3.8) is 0 Å². The van der Waals surface area contributed by atoms with E-state index in [0.717, 1.165) is 12.5 Å². The molecular weight excluding hydrogens is 182 g/mol. The molecule has 0 saturated heterocycles. The van der Waals surface area contributed by atoms with Gasteiger partial charge in [-0.05, 0) is 36.8 Å². The van der Waals surface area contributed by atoms with Gasteiger partial charge in [0.25, 0.3) is 0 Å². The Morgan fingerprint density at radius 3 is 2.93 bits per heavy atom. The van der Waals surface area contributed by atoms with E-state index in [-0.39, 0.29) is 0 Å². The molecule has 0 heterocycles. The normalized spacial score (nSPS) is 19.6. The molecule has 1 nitrogen and oxygen atoms in total. The number of nitrogens with one attached hydrogen (secondary N) is 1. The van der Waals surface area contributed by atoms with Crippen LogP contribution < -0.4 is 5.32 Å². The smallest absolute Gasteiger partial charge is 0.00227 e. The summed E-state index contributed by atoms with van der Waals surface area (Å²) in [6.07, 6.45) is 2.58. The number of rotatable bonds is 3. The fourth-order valence-corrected chi connectivity index (χ4v) is 2.40. The van der Waals surface area contributed by atoms with Crippen molar-refractivity contribution in [1.29, 1.82) is 0 Å². The first kappa shape index (κ1) is 10.7. The van der Waals surface area contributed by atoms with Crippen LogP contribution in [0.3, 0.4) is 0 Å². The Hall–Kier alpha value is -0.820. The van der Waals surface area contributed by atoms with E-state index in [9.17, 15) is 0 Å². The maximum atomic E-state index is 3.55. The van der Waals surface area contributed by atoms with Crippen molar-refractivity contribution < 1.29 is 0 Å². The molecule has 1 aliphatic carbocycles. The van der Waals surface area contributed by atoms with Crippen molar-refractivity contribution in [2.24, 2.45) is 0 Å². The monoisotopic (exact) mass is 203 g/mol. The predicted octanol–water partition coefficient (Wildman–Crippen LogP) is 3.02. The molecule has 2 rings (SSSR count). The van der Waals surface area contributed by atoms with E-state index in [1.807, 2.05) is 0 Å². The molecule has 1 heteroatoms. The van der Waals surface area contributed by atoms with Gasteiger partial charge in [-0.25, -0.2) is 0 Å². The van der Waals surface area contributed by atoms with Gasteiger partial charge in [-0.15, -0.1) is 0 Å². The molecule has 15 heavy (non-hydrogen) atoms. The molecule has 1 N–H and O–H groups in total. The Morgan fingerprint density at radius 2 is 2.20 bits per heavy atom. The van der Waals surface area contributed by atoms with Gasteiger partial charge in [0.1, 0.15) is 0 Å². The first-order chi connectivity index (χ1) is 7.16. The van der Waals surface area contributed by atoms with E-state index >= 15 is 0 Å². The standard InChI is InChI=1S/C14H21N/c1-10(2)15-9-13-7-6-12-5-4-11(3)8-14(12)13/h4-5,8,10,13,15H,6-7,9H2,1-3H3. The summed E-state index contributed by atoms with van der Waals surface area (Å²) in [4.78, 5) is 0. The van der Waals surface area contributed by atoms with Crippen LogP contribution in [-0.4, -0.2) is 12.6 Å². The summed E-state index contributed by atoms with van der Waals surface area (Å²) < 4.78 is 0. The van der Waals surface area contributed by atoms with Crippen molar-refractivity contribution in [2.75, 3.05) is 6.54 Å². The van der Waals surface area contributed by atoms with E-state index in [2.05, 4.69) is 44.3 Å². The van der Waals surface area contributed by atoms with E-state index in [4.69, 9.17) is 0 Å². The third kappa shape index (κ3) is 2.40. The predicted molar refractivity (Wildman–Crippen MR) is 65.4 cm³/mol. The van der Waals surface area contributed by atoms with Crippen LogP contribution in [0.5, 0.6) is 0 Å². The molecule has 1 unspecified atom stereocenters. The zero-order valence-corrected chi connectivity index (χ0v) is 10.0. The second-order valence-electron chi connectivity index (χ2n) is 5.00. The van der Waals surface area contributed by atoms with Crippen molar-refractivity contribution in [3.05, 3.63) is 34.9 Å². The Kier molecular flexibility index (Phi) is 3.11. The largest absolute Gasteiger partial charge is 0.314 e. The molecule has 82 valence electrons. The Morgan fingerprint density at radius 1 is 1.40 bits per heavy atom. The van der Waals surface area contributed by atoms with Crippen LogP contribution in [-0.2, 0) is 6.42 Å².